The SMILES string of the molecule is Cl.O=C(Nc1ncc(C2CCNCC2)s1)c1cc(-c2cccnc2)on1. The highest BCUT2D eigenvalue weighted by molar-refractivity contribution is 7.15. The van der Waals surface area contributed by atoms with Gasteiger partial charge in [0.25, 0.3) is 5.91 Å². The quantitative estimate of drug-likeness (QED) is 0.708. The zero-order chi connectivity index (χ0) is 17.1. The molecule has 0 aliphatic carbocycles. The van der Waals surface area contributed by atoms with Crippen molar-refractivity contribution < 1.29 is 9.32 Å². The number of nitrogens with one attached hydrogen (secondary N) is 2. The number of aromatic nitrogens is 3. The van der Waals surface area contributed by atoms with Gasteiger partial charge in [-0.3, -0.25) is 15.1 Å². The van der Waals surface area contributed by atoms with E-state index < -0.39 is 0 Å². The van der Waals surface area contributed by atoms with Crippen molar-refractivity contribution in [1.82, 2.24) is 20.4 Å². The highest BCUT2D eigenvalue weighted by atomic mass is 35.5. The summed E-state index contributed by atoms with van der Waals surface area (Å²) in [6.45, 7) is 2.06. The first-order valence-electron chi connectivity index (χ1n) is 8.14. The van der Waals surface area contributed by atoms with Crippen molar-refractivity contribution in [1.29, 1.82) is 0 Å². The van der Waals surface area contributed by atoms with Gasteiger partial charge in [-0.2, -0.15) is 0 Å². The van der Waals surface area contributed by atoms with Crippen LogP contribution in [0.15, 0.2) is 41.3 Å². The fourth-order valence-electron chi connectivity index (χ4n) is 2.83. The monoisotopic (exact) mass is 391 g/mol. The van der Waals surface area contributed by atoms with E-state index in [0.29, 0.717) is 16.8 Å². The number of thiazole rings is 1. The van der Waals surface area contributed by atoms with Gasteiger partial charge in [0.1, 0.15) is 0 Å². The molecule has 4 heterocycles. The van der Waals surface area contributed by atoms with Gasteiger partial charge >= 0.3 is 0 Å². The molecule has 0 atom stereocenters. The number of piperidine rings is 1. The molecule has 1 aliphatic rings. The molecular weight excluding hydrogens is 374 g/mol. The Kier molecular flexibility index (Phi) is 5.97. The fraction of sp³-hybridized carbons (Fsp3) is 0.294. The summed E-state index contributed by atoms with van der Waals surface area (Å²) < 4.78 is 5.24. The number of carbonyl (C=O) groups excluding carboxylic acids is 1. The standard InChI is InChI=1S/C17H17N5O2S.ClH/c23-16(13-8-14(24-22-13)12-2-1-5-19-9-12)21-17-20-10-15(25-17)11-3-6-18-7-4-11;/h1-2,5,8-11,18H,3-4,6-7H2,(H,20,21,23);1H. The molecule has 0 unspecified atom stereocenters. The minimum absolute atomic E-state index is 0. The number of hydrogen-bond donors (Lipinski definition) is 2. The Morgan fingerprint density at radius 2 is 2.15 bits per heavy atom. The molecule has 0 bridgehead atoms. The van der Waals surface area contributed by atoms with Crippen LogP contribution in [0.25, 0.3) is 11.3 Å². The van der Waals surface area contributed by atoms with E-state index in [0.717, 1.165) is 31.5 Å². The second-order valence-electron chi connectivity index (χ2n) is 5.86. The molecule has 1 amide bonds. The predicted molar refractivity (Wildman–Crippen MR) is 102 cm³/mol. The first kappa shape index (κ1) is 18.5. The van der Waals surface area contributed by atoms with Crippen LogP contribution in [-0.4, -0.2) is 34.1 Å². The van der Waals surface area contributed by atoms with Crippen molar-refractivity contribution in [2.45, 2.75) is 18.8 Å². The molecule has 7 nitrogen and oxygen atoms in total. The normalized spacial score (nSPS) is 14.6. The number of rotatable bonds is 4. The lowest BCUT2D eigenvalue weighted by Gasteiger charge is -2.20. The summed E-state index contributed by atoms with van der Waals surface area (Å²) in [6, 6.07) is 5.25. The van der Waals surface area contributed by atoms with Crippen LogP contribution in [-0.2, 0) is 0 Å². The minimum Gasteiger partial charge on any atom is -0.355 e. The Morgan fingerprint density at radius 3 is 2.92 bits per heavy atom. The Morgan fingerprint density at radius 1 is 1.31 bits per heavy atom. The summed E-state index contributed by atoms with van der Waals surface area (Å²) in [5.74, 6) is 0.700. The van der Waals surface area contributed by atoms with Crippen molar-refractivity contribution in [2.24, 2.45) is 0 Å². The molecule has 0 aromatic carbocycles. The van der Waals surface area contributed by atoms with Crippen LogP contribution < -0.4 is 10.6 Å². The summed E-state index contributed by atoms with van der Waals surface area (Å²) in [5.41, 5.74) is 0.994. The van der Waals surface area contributed by atoms with Gasteiger partial charge in [0, 0.05) is 35.1 Å². The summed E-state index contributed by atoms with van der Waals surface area (Å²) in [5, 5.41) is 10.6. The highest BCUT2D eigenvalue weighted by Crippen LogP contribution is 2.31. The molecule has 1 fully saturated rings. The van der Waals surface area contributed by atoms with Crippen LogP contribution in [0.1, 0.15) is 34.1 Å². The van der Waals surface area contributed by atoms with Crippen LogP contribution >= 0.6 is 23.7 Å². The zero-order valence-corrected chi connectivity index (χ0v) is 15.5. The van der Waals surface area contributed by atoms with Crippen LogP contribution in [0.2, 0.25) is 0 Å². The highest BCUT2D eigenvalue weighted by Gasteiger charge is 2.19. The fourth-order valence-corrected chi connectivity index (χ4v) is 3.81. The summed E-state index contributed by atoms with van der Waals surface area (Å²) in [6.07, 6.45) is 7.41. The summed E-state index contributed by atoms with van der Waals surface area (Å²) >= 11 is 1.53. The molecule has 0 radical (unpaired) electrons. The van der Waals surface area contributed by atoms with Crippen molar-refractivity contribution in [3.8, 4) is 11.3 Å². The van der Waals surface area contributed by atoms with E-state index in [4.69, 9.17) is 4.52 Å². The number of carbonyl (C=O) groups is 1. The van der Waals surface area contributed by atoms with Gasteiger partial charge in [-0.15, -0.1) is 23.7 Å². The molecule has 26 heavy (non-hydrogen) atoms. The Labute approximate surface area is 160 Å². The lowest BCUT2D eigenvalue weighted by atomic mass is 9.97. The lowest BCUT2D eigenvalue weighted by Crippen LogP contribution is -2.26. The van der Waals surface area contributed by atoms with Gasteiger partial charge < -0.3 is 9.84 Å². The number of anilines is 1. The van der Waals surface area contributed by atoms with Crippen molar-refractivity contribution in [3.63, 3.8) is 0 Å². The molecular formula is C17H18ClN5O2S. The molecule has 3 aromatic heterocycles. The van der Waals surface area contributed by atoms with E-state index >= 15 is 0 Å². The van der Waals surface area contributed by atoms with Gasteiger partial charge in [0.05, 0.1) is 0 Å². The number of nitrogens with zero attached hydrogens (tertiary/aromatic N) is 3. The molecule has 9 heteroatoms. The molecule has 136 valence electrons. The molecule has 4 rings (SSSR count). The molecule has 3 aromatic rings. The van der Waals surface area contributed by atoms with Crippen molar-refractivity contribution >= 4 is 34.8 Å². The maximum atomic E-state index is 12.4. The van der Waals surface area contributed by atoms with E-state index in [-0.39, 0.29) is 24.0 Å². The Bertz CT molecular complexity index is 861. The Hall–Kier alpha value is -2.29. The smallest absolute Gasteiger partial charge is 0.279 e. The van der Waals surface area contributed by atoms with Crippen LogP contribution in [0.4, 0.5) is 5.13 Å². The molecule has 1 aliphatic heterocycles. The zero-order valence-electron chi connectivity index (χ0n) is 13.8. The minimum atomic E-state index is -0.329. The molecule has 0 saturated carbocycles. The second-order valence-corrected chi connectivity index (χ2v) is 6.93. The number of amides is 1. The van der Waals surface area contributed by atoms with E-state index in [1.54, 1.807) is 24.5 Å². The van der Waals surface area contributed by atoms with E-state index in [9.17, 15) is 4.79 Å². The third-order valence-electron chi connectivity index (χ3n) is 4.17. The maximum absolute atomic E-state index is 12.4. The molecule has 1 saturated heterocycles. The summed E-state index contributed by atoms with van der Waals surface area (Å²) in [7, 11) is 0. The molecule has 2 N–H and O–H groups in total. The van der Waals surface area contributed by atoms with Gasteiger partial charge in [-0.25, -0.2) is 4.98 Å². The van der Waals surface area contributed by atoms with Gasteiger partial charge in [-0.1, -0.05) is 5.16 Å². The number of pyridine rings is 1. The van der Waals surface area contributed by atoms with Crippen molar-refractivity contribution in [3.05, 3.63) is 47.4 Å². The maximum Gasteiger partial charge on any atom is 0.279 e. The lowest BCUT2D eigenvalue weighted by molar-refractivity contribution is 0.101. The van der Waals surface area contributed by atoms with E-state index in [1.165, 1.54) is 16.2 Å². The molecule has 0 spiro atoms. The largest absolute Gasteiger partial charge is 0.355 e. The third-order valence-corrected chi connectivity index (χ3v) is 5.25. The van der Waals surface area contributed by atoms with E-state index in [1.807, 2.05) is 12.3 Å². The average molecular weight is 392 g/mol. The number of halogens is 1. The van der Waals surface area contributed by atoms with E-state index in [2.05, 4.69) is 25.8 Å². The van der Waals surface area contributed by atoms with Gasteiger partial charge in [-0.05, 0) is 44.0 Å². The average Bonchev–Trinajstić information content (AvgIpc) is 3.33. The third kappa shape index (κ3) is 4.09. The first-order valence-corrected chi connectivity index (χ1v) is 8.96. The second kappa shape index (κ2) is 8.39. The number of hydrogen-bond acceptors (Lipinski definition) is 7. The van der Waals surface area contributed by atoms with Crippen LogP contribution in [0, 0.1) is 0 Å². The van der Waals surface area contributed by atoms with Crippen LogP contribution in [0.5, 0.6) is 0 Å². The predicted octanol–water partition coefficient (Wildman–Crippen LogP) is 3.33. The summed E-state index contributed by atoms with van der Waals surface area (Å²) in [4.78, 5) is 21.9. The van der Waals surface area contributed by atoms with Gasteiger partial charge in [0.2, 0.25) is 0 Å². The van der Waals surface area contributed by atoms with Crippen molar-refractivity contribution in [2.75, 3.05) is 18.4 Å². The van der Waals surface area contributed by atoms with Crippen LogP contribution in [0.3, 0.4) is 0 Å². The topological polar surface area (TPSA) is 92.9 Å². The van der Waals surface area contributed by atoms with Gasteiger partial charge in [0.15, 0.2) is 16.6 Å². The first-order chi connectivity index (χ1) is 12.3. The Balaban J connectivity index is 0.00000196.